The van der Waals surface area contributed by atoms with Crippen molar-refractivity contribution in [1.29, 1.82) is 0 Å². The molecule has 1 aliphatic rings. The van der Waals surface area contributed by atoms with Crippen LogP contribution in [0.25, 0.3) is 11.0 Å². The molecule has 1 fully saturated rings. The molecule has 2 heterocycles. The first-order chi connectivity index (χ1) is 15.1. The molecule has 0 atom stereocenters. The van der Waals surface area contributed by atoms with Crippen LogP contribution < -0.4 is 10.6 Å². The monoisotopic (exact) mass is 424 g/mol. The van der Waals surface area contributed by atoms with Crippen LogP contribution in [0.2, 0.25) is 0 Å². The summed E-state index contributed by atoms with van der Waals surface area (Å²) in [6, 6.07) is 11.1. The lowest BCUT2D eigenvalue weighted by molar-refractivity contribution is 0.0724. The molecular weight excluding hydrogens is 399 g/mol. The van der Waals surface area contributed by atoms with Gasteiger partial charge in [0.1, 0.15) is 11.3 Å². The van der Waals surface area contributed by atoms with E-state index in [4.69, 9.17) is 0 Å². The summed E-state index contributed by atoms with van der Waals surface area (Å²) in [6.07, 6.45) is 3.28. The summed E-state index contributed by atoms with van der Waals surface area (Å²) in [5.74, 6) is -0.271. The van der Waals surface area contributed by atoms with Gasteiger partial charge < -0.3 is 15.5 Å². The third-order valence-electron chi connectivity index (χ3n) is 5.38. The van der Waals surface area contributed by atoms with Crippen molar-refractivity contribution in [3.05, 3.63) is 59.4 Å². The molecule has 0 unspecified atom stereocenters. The topological polar surface area (TPSA) is 92.1 Å². The molecule has 3 aromatic rings. The summed E-state index contributed by atoms with van der Waals surface area (Å²) in [6.45, 7) is 2.73. The Morgan fingerprint density at radius 2 is 1.77 bits per heavy atom. The second-order valence-electron chi connectivity index (χ2n) is 7.60. The molecule has 2 aromatic carbocycles. The van der Waals surface area contributed by atoms with Gasteiger partial charge in [0.15, 0.2) is 0 Å². The summed E-state index contributed by atoms with van der Waals surface area (Å²) in [5, 5.41) is 13.8. The number of hydrogen-bond donors (Lipinski definition) is 2. The van der Waals surface area contributed by atoms with Gasteiger partial charge in [0.2, 0.25) is 0 Å². The van der Waals surface area contributed by atoms with E-state index in [-0.39, 0.29) is 17.8 Å². The number of nitrogens with one attached hydrogen (secondary N) is 2. The number of amides is 3. The minimum absolute atomic E-state index is 0.0376. The highest BCUT2D eigenvalue weighted by Gasteiger charge is 2.19. The van der Waals surface area contributed by atoms with E-state index in [2.05, 4.69) is 20.9 Å². The third-order valence-corrected chi connectivity index (χ3v) is 5.38. The number of piperidine rings is 1. The van der Waals surface area contributed by atoms with E-state index in [1.165, 1.54) is 18.6 Å². The highest BCUT2D eigenvalue weighted by atomic mass is 19.1. The third kappa shape index (κ3) is 5.17. The van der Waals surface area contributed by atoms with Crippen LogP contribution in [0.4, 0.5) is 9.18 Å². The average Bonchev–Trinajstić information content (AvgIpc) is 3.21. The second kappa shape index (κ2) is 9.55. The molecule has 0 radical (unpaired) electrons. The quantitative estimate of drug-likeness (QED) is 0.636. The smallest absolute Gasteiger partial charge is 0.315 e. The van der Waals surface area contributed by atoms with Crippen molar-refractivity contribution in [2.45, 2.75) is 32.4 Å². The molecule has 8 nitrogen and oxygen atoms in total. The molecule has 4 rings (SSSR count). The van der Waals surface area contributed by atoms with Crippen LogP contribution >= 0.6 is 0 Å². The predicted octanol–water partition coefficient (Wildman–Crippen LogP) is 2.70. The first-order valence-electron chi connectivity index (χ1n) is 10.5. The number of halogens is 1. The first kappa shape index (κ1) is 20.8. The maximum atomic E-state index is 12.9. The standard InChI is InChI=1S/C22H25FN6O2/c23-18-7-4-16(5-8-18)15-25-22(31)24-10-13-29-20-9-6-17(14-19(20)26-27-29)21(30)28-11-2-1-3-12-28/h4-9,14H,1-3,10-13,15H2,(H2,24,25,31). The first-order valence-corrected chi connectivity index (χ1v) is 10.5. The molecule has 0 spiro atoms. The molecular formula is C22H25FN6O2. The Morgan fingerprint density at radius 1 is 1.00 bits per heavy atom. The van der Waals surface area contributed by atoms with Crippen molar-refractivity contribution < 1.29 is 14.0 Å². The predicted molar refractivity (Wildman–Crippen MR) is 114 cm³/mol. The molecule has 9 heteroatoms. The fourth-order valence-corrected chi connectivity index (χ4v) is 3.67. The van der Waals surface area contributed by atoms with Gasteiger partial charge >= 0.3 is 6.03 Å². The summed E-state index contributed by atoms with van der Waals surface area (Å²) in [7, 11) is 0. The second-order valence-corrected chi connectivity index (χ2v) is 7.60. The van der Waals surface area contributed by atoms with Crippen LogP contribution in [0.5, 0.6) is 0 Å². The van der Waals surface area contributed by atoms with Crippen LogP contribution in [0.1, 0.15) is 35.2 Å². The van der Waals surface area contributed by atoms with Crippen molar-refractivity contribution >= 4 is 23.0 Å². The number of rotatable bonds is 6. The Balaban J connectivity index is 1.29. The summed E-state index contributed by atoms with van der Waals surface area (Å²) >= 11 is 0. The number of carbonyl (C=O) groups excluding carboxylic acids is 2. The number of carbonyl (C=O) groups is 2. The van der Waals surface area contributed by atoms with Crippen molar-refractivity contribution in [3.63, 3.8) is 0 Å². The van der Waals surface area contributed by atoms with Gasteiger partial charge in [0, 0.05) is 31.7 Å². The molecule has 2 N–H and O–H groups in total. The van der Waals surface area contributed by atoms with Gasteiger partial charge in [-0.05, 0) is 55.2 Å². The van der Waals surface area contributed by atoms with Crippen molar-refractivity contribution in [1.82, 2.24) is 30.5 Å². The maximum Gasteiger partial charge on any atom is 0.315 e. The molecule has 31 heavy (non-hydrogen) atoms. The van der Waals surface area contributed by atoms with E-state index in [1.54, 1.807) is 22.9 Å². The van der Waals surface area contributed by atoms with E-state index >= 15 is 0 Å². The molecule has 0 bridgehead atoms. The zero-order chi connectivity index (χ0) is 21.6. The average molecular weight is 424 g/mol. The SMILES string of the molecule is O=C(NCCn1nnc2cc(C(=O)N3CCCCC3)ccc21)NCc1ccc(F)cc1. The van der Waals surface area contributed by atoms with Crippen molar-refractivity contribution in [3.8, 4) is 0 Å². The van der Waals surface area contributed by atoms with Gasteiger partial charge in [0.05, 0.1) is 12.1 Å². The largest absolute Gasteiger partial charge is 0.339 e. The lowest BCUT2D eigenvalue weighted by atomic mass is 10.1. The van der Waals surface area contributed by atoms with Crippen LogP contribution in [0, 0.1) is 5.82 Å². The lowest BCUT2D eigenvalue weighted by Gasteiger charge is -2.26. The number of benzene rings is 2. The summed E-state index contributed by atoms with van der Waals surface area (Å²) in [4.78, 5) is 26.5. The summed E-state index contributed by atoms with van der Waals surface area (Å²) < 4.78 is 14.6. The normalized spacial score (nSPS) is 13.9. The number of fused-ring (bicyclic) bond motifs is 1. The summed E-state index contributed by atoms with van der Waals surface area (Å²) in [5.41, 5.74) is 2.90. The van der Waals surface area contributed by atoms with E-state index in [0.717, 1.165) is 37.0 Å². The molecule has 162 valence electrons. The van der Waals surface area contributed by atoms with Crippen molar-refractivity contribution in [2.75, 3.05) is 19.6 Å². The Morgan fingerprint density at radius 3 is 2.55 bits per heavy atom. The van der Waals surface area contributed by atoms with E-state index < -0.39 is 0 Å². The van der Waals surface area contributed by atoms with E-state index in [9.17, 15) is 14.0 Å². The van der Waals surface area contributed by atoms with Gasteiger partial charge in [-0.3, -0.25) is 4.79 Å². The van der Waals surface area contributed by atoms with Gasteiger partial charge in [-0.15, -0.1) is 5.10 Å². The van der Waals surface area contributed by atoms with Crippen LogP contribution in [-0.2, 0) is 13.1 Å². The molecule has 1 aromatic heterocycles. The van der Waals surface area contributed by atoms with Crippen LogP contribution in [0.15, 0.2) is 42.5 Å². The number of nitrogens with zero attached hydrogens (tertiary/aromatic N) is 4. The fraction of sp³-hybridized carbons (Fsp3) is 0.364. The van der Waals surface area contributed by atoms with Crippen LogP contribution in [0.3, 0.4) is 0 Å². The minimum atomic E-state index is -0.317. The fourth-order valence-electron chi connectivity index (χ4n) is 3.67. The zero-order valence-electron chi connectivity index (χ0n) is 17.2. The highest BCUT2D eigenvalue weighted by Crippen LogP contribution is 2.17. The van der Waals surface area contributed by atoms with Gasteiger partial charge in [-0.1, -0.05) is 17.3 Å². The van der Waals surface area contributed by atoms with Crippen molar-refractivity contribution in [2.24, 2.45) is 0 Å². The molecule has 0 saturated carbocycles. The molecule has 3 amide bonds. The Bertz CT molecular complexity index is 1060. The van der Waals surface area contributed by atoms with Crippen LogP contribution in [-0.4, -0.2) is 51.5 Å². The highest BCUT2D eigenvalue weighted by molar-refractivity contribution is 5.97. The number of likely N-dealkylation sites (tertiary alicyclic amines) is 1. The van der Waals surface area contributed by atoms with E-state index in [0.29, 0.717) is 30.7 Å². The van der Waals surface area contributed by atoms with Gasteiger partial charge in [0.25, 0.3) is 5.91 Å². The molecule has 1 saturated heterocycles. The number of hydrogen-bond acceptors (Lipinski definition) is 4. The Hall–Kier alpha value is -3.49. The minimum Gasteiger partial charge on any atom is -0.339 e. The maximum absolute atomic E-state index is 12.9. The Kier molecular flexibility index (Phi) is 6.40. The van der Waals surface area contributed by atoms with Gasteiger partial charge in [-0.25, -0.2) is 13.9 Å². The lowest BCUT2D eigenvalue weighted by Crippen LogP contribution is -2.36. The molecule has 0 aliphatic carbocycles. The zero-order valence-corrected chi connectivity index (χ0v) is 17.2. The number of urea groups is 1. The van der Waals surface area contributed by atoms with E-state index in [1.807, 2.05) is 17.0 Å². The Labute approximate surface area is 179 Å². The molecule has 1 aliphatic heterocycles. The van der Waals surface area contributed by atoms with Gasteiger partial charge in [-0.2, -0.15) is 0 Å². The number of aromatic nitrogens is 3.